The number of para-hydroxylation sites is 1. The molecule has 7 aromatic rings. The van der Waals surface area contributed by atoms with Crippen molar-refractivity contribution in [1.29, 1.82) is 0 Å². The van der Waals surface area contributed by atoms with E-state index in [0.29, 0.717) is 5.92 Å². The number of nitrogens with zero attached hydrogens (tertiary/aromatic N) is 4. The molecule has 1 atom stereocenters. The van der Waals surface area contributed by atoms with E-state index in [9.17, 15) is 0 Å². The Balaban J connectivity index is 1.21. The van der Waals surface area contributed by atoms with Crippen LogP contribution in [0.15, 0.2) is 132 Å². The van der Waals surface area contributed by atoms with E-state index in [1.165, 1.54) is 38.5 Å². The summed E-state index contributed by atoms with van der Waals surface area (Å²) < 4.78 is 2.31. The fourth-order valence-corrected chi connectivity index (χ4v) is 6.29. The van der Waals surface area contributed by atoms with E-state index in [1.54, 1.807) is 0 Å². The van der Waals surface area contributed by atoms with Crippen molar-refractivity contribution in [3.05, 3.63) is 139 Å². The zero-order valence-corrected chi connectivity index (χ0v) is 23.3. The van der Waals surface area contributed by atoms with Crippen molar-refractivity contribution in [2.24, 2.45) is 4.99 Å². The van der Waals surface area contributed by atoms with E-state index in [-0.39, 0.29) is 0 Å². The molecule has 4 aromatic carbocycles. The normalized spacial score (nSPS) is 14.4. The van der Waals surface area contributed by atoms with Crippen LogP contribution in [0.4, 0.5) is 0 Å². The minimum absolute atomic E-state index is 0.304. The van der Waals surface area contributed by atoms with Crippen molar-refractivity contribution in [3.8, 4) is 39.6 Å². The zero-order valence-electron chi connectivity index (χ0n) is 23.3. The molecule has 3 aromatic heterocycles. The molecule has 4 nitrogen and oxygen atoms in total. The third-order valence-corrected chi connectivity index (χ3v) is 8.25. The molecule has 42 heavy (non-hydrogen) atoms. The number of benzene rings is 4. The lowest BCUT2D eigenvalue weighted by molar-refractivity contribution is 0.716. The third-order valence-electron chi connectivity index (χ3n) is 8.25. The van der Waals surface area contributed by atoms with Gasteiger partial charge >= 0.3 is 0 Å². The van der Waals surface area contributed by atoms with Crippen LogP contribution in [0.25, 0.3) is 61.3 Å². The molecule has 0 radical (unpaired) electrons. The molecule has 0 N–H and O–H groups in total. The molecule has 0 aliphatic carbocycles. The minimum Gasteiger partial charge on any atom is -0.297 e. The summed E-state index contributed by atoms with van der Waals surface area (Å²) in [7, 11) is 0. The van der Waals surface area contributed by atoms with Crippen molar-refractivity contribution in [3.63, 3.8) is 0 Å². The van der Waals surface area contributed by atoms with Gasteiger partial charge in [0.25, 0.3) is 0 Å². The maximum Gasteiger partial charge on any atom is 0.138 e. The molecule has 4 heterocycles. The molecule has 1 aliphatic rings. The Labute approximate surface area is 244 Å². The van der Waals surface area contributed by atoms with Crippen molar-refractivity contribution in [2.45, 2.75) is 12.8 Å². The van der Waals surface area contributed by atoms with Crippen LogP contribution in [-0.2, 0) is 0 Å². The smallest absolute Gasteiger partial charge is 0.138 e. The molecule has 0 amide bonds. The number of fused-ring (bicyclic) bond motifs is 4. The van der Waals surface area contributed by atoms with Gasteiger partial charge in [-0.25, -0.2) is 9.97 Å². The largest absolute Gasteiger partial charge is 0.297 e. The van der Waals surface area contributed by atoms with E-state index in [1.807, 2.05) is 18.3 Å². The lowest BCUT2D eigenvalue weighted by Crippen LogP contribution is -2.13. The Kier molecular flexibility index (Phi) is 5.78. The molecule has 1 unspecified atom stereocenters. The summed E-state index contributed by atoms with van der Waals surface area (Å²) in [6, 6.07) is 44.6. The van der Waals surface area contributed by atoms with Crippen molar-refractivity contribution in [1.82, 2.24) is 14.5 Å². The van der Waals surface area contributed by atoms with Gasteiger partial charge in [-0.15, -0.1) is 0 Å². The number of pyridine rings is 2. The van der Waals surface area contributed by atoms with Crippen LogP contribution in [0.1, 0.15) is 24.1 Å². The first-order valence-corrected chi connectivity index (χ1v) is 14.4. The summed E-state index contributed by atoms with van der Waals surface area (Å²) in [4.78, 5) is 14.9. The van der Waals surface area contributed by atoms with Crippen molar-refractivity contribution < 1.29 is 0 Å². The van der Waals surface area contributed by atoms with Crippen LogP contribution >= 0.6 is 0 Å². The maximum atomic E-state index is 5.17. The second-order valence-electron chi connectivity index (χ2n) is 10.9. The Morgan fingerprint density at radius 1 is 0.619 bits per heavy atom. The highest BCUT2D eigenvalue weighted by Gasteiger charge is 2.24. The second-order valence-corrected chi connectivity index (χ2v) is 10.9. The summed E-state index contributed by atoms with van der Waals surface area (Å²) in [6.45, 7) is 3.02. The number of hydrogen-bond donors (Lipinski definition) is 0. The van der Waals surface area contributed by atoms with E-state index < -0.39 is 0 Å². The molecular formula is C38H28N4. The van der Waals surface area contributed by atoms with Gasteiger partial charge in [0.05, 0.1) is 22.6 Å². The molecule has 8 rings (SSSR count). The van der Waals surface area contributed by atoms with Gasteiger partial charge in [-0.2, -0.15) is 0 Å². The predicted octanol–water partition coefficient (Wildman–Crippen LogP) is 9.11. The highest BCUT2D eigenvalue weighted by Crippen LogP contribution is 2.36. The van der Waals surface area contributed by atoms with Crippen molar-refractivity contribution in [2.75, 3.05) is 6.54 Å². The average Bonchev–Trinajstić information content (AvgIpc) is 3.40. The quantitative estimate of drug-likeness (QED) is 0.223. The molecular weight excluding hydrogens is 512 g/mol. The van der Waals surface area contributed by atoms with Crippen LogP contribution < -0.4 is 0 Å². The van der Waals surface area contributed by atoms with Crippen LogP contribution in [-0.4, -0.2) is 27.3 Å². The zero-order chi connectivity index (χ0) is 28.0. The van der Waals surface area contributed by atoms with Crippen LogP contribution in [0.5, 0.6) is 0 Å². The molecule has 4 heteroatoms. The van der Waals surface area contributed by atoms with Crippen LogP contribution in [0, 0.1) is 0 Å². The fraction of sp³-hybridized carbons (Fsp3) is 0.0789. The van der Waals surface area contributed by atoms with Crippen LogP contribution in [0.3, 0.4) is 0 Å². The van der Waals surface area contributed by atoms with Gasteiger partial charge in [-0.05, 0) is 58.3 Å². The van der Waals surface area contributed by atoms with E-state index >= 15 is 0 Å². The highest BCUT2D eigenvalue weighted by atomic mass is 15.1. The molecule has 0 saturated heterocycles. The molecule has 0 bridgehead atoms. The Bertz CT molecular complexity index is 2150. The standard InChI is InChI=1S/C38H28N4/c1-25-23-39-24-32-31-15-4-5-20-36(31)42(38(25)32)37-21-9-19-35(41-37)34-18-8-17-33(40-34)28-13-6-12-27(22-28)30-16-7-11-26-10-2-3-14-29(26)30/h2-22,24-25H,23H2,1H3. The van der Waals surface area contributed by atoms with E-state index in [0.717, 1.165) is 40.5 Å². The SMILES string of the molecule is CC1CN=Cc2c1n(-c1cccc(-c3cccc(-c4cccc(-c5cccc6ccccc56)c4)n3)n1)c1ccccc21. The van der Waals surface area contributed by atoms with Gasteiger partial charge < -0.3 is 0 Å². The Hall–Kier alpha value is -5.35. The molecule has 0 saturated carbocycles. The lowest BCUT2D eigenvalue weighted by atomic mass is 9.96. The summed E-state index contributed by atoms with van der Waals surface area (Å²) in [5.74, 6) is 1.20. The van der Waals surface area contributed by atoms with Gasteiger partial charge in [-0.3, -0.25) is 9.56 Å². The number of rotatable bonds is 4. The van der Waals surface area contributed by atoms with E-state index in [4.69, 9.17) is 9.97 Å². The fourth-order valence-electron chi connectivity index (χ4n) is 6.29. The van der Waals surface area contributed by atoms with Crippen LogP contribution in [0.2, 0.25) is 0 Å². The van der Waals surface area contributed by atoms with Crippen molar-refractivity contribution >= 4 is 27.9 Å². The van der Waals surface area contributed by atoms with Gasteiger partial charge in [0.1, 0.15) is 5.82 Å². The Morgan fingerprint density at radius 2 is 1.31 bits per heavy atom. The van der Waals surface area contributed by atoms with Gasteiger partial charge in [0, 0.05) is 40.9 Å². The summed E-state index contributed by atoms with van der Waals surface area (Å²) in [5.41, 5.74) is 9.73. The summed E-state index contributed by atoms with van der Waals surface area (Å²) >= 11 is 0. The first-order valence-electron chi connectivity index (χ1n) is 14.4. The first kappa shape index (κ1) is 24.4. The van der Waals surface area contributed by atoms with Gasteiger partial charge in [-0.1, -0.05) is 97.9 Å². The highest BCUT2D eigenvalue weighted by molar-refractivity contribution is 6.03. The predicted molar refractivity (Wildman–Crippen MR) is 174 cm³/mol. The Morgan fingerprint density at radius 3 is 2.24 bits per heavy atom. The van der Waals surface area contributed by atoms with Gasteiger partial charge in [0.15, 0.2) is 0 Å². The maximum absolute atomic E-state index is 5.17. The monoisotopic (exact) mass is 540 g/mol. The number of aliphatic imine (C=N–C) groups is 1. The number of hydrogen-bond acceptors (Lipinski definition) is 3. The van der Waals surface area contributed by atoms with Gasteiger partial charge in [0.2, 0.25) is 0 Å². The average molecular weight is 541 g/mol. The second kappa shape index (κ2) is 9.93. The topological polar surface area (TPSA) is 43.1 Å². The molecule has 1 aliphatic heterocycles. The first-order chi connectivity index (χ1) is 20.7. The molecule has 0 fully saturated rings. The number of aromatic nitrogens is 3. The lowest BCUT2D eigenvalue weighted by Gasteiger charge is -2.18. The minimum atomic E-state index is 0.304. The summed E-state index contributed by atoms with van der Waals surface area (Å²) in [5, 5.41) is 3.70. The molecule has 0 spiro atoms. The molecule has 200 valence electrons. The summed E-state index contributed by atoms with van der Waals surface area (Å²) in [6.07, 6.45) is 2.02. The third kappa shape index (κ3) is 4.03. The van der Waals surface area contributed by atoms with E-state index in [2.05, 4.69) is 132 Å².